The maximum Gasteiger partial charge on any atom is 0.287 e. The highest BCUT2D eigenvalue weighted by Gasteiger charge is 2.21. The van der Waals surface area contributed by atoms with Gasteiger partial charge in [0.25, 0.3) is 11.8 Å². The van der Waals surface area contributed by atoms with E-state index in [0.29, 0.717) is 23.6 Å². The number of rotatable bonds is 7. The summed E-state index contributed by atoms with van der Waals surface area (Å²) < 4.78 is 1.63. The molecule has 0 spiro atoms. The van der Waals surface area contributed by atoms with E-state index in [0.717, 1.165) is 18.4 Å². The third-order valence-corrected chi connectivity index (χ3v) is 4.40. The number of hydrogen-bond donors (Lipinski definition) is 2. The van der Waals surface area contributed by atoms with Gasteiger partial charge in [-0.3, -0.25) is 14.0 Å². The van der Waals surface area contributed by atoms with Gasteiger partial charge in [0.1, 0.15) is 0 Å². The average molecular weight is 385 g/mol. The van der Waals surface area contributed by atoms with Gasteiger partial charge in [0.2, 0.25) is 5.82 Å². The predicted molar refractivity (Wildman–Crippen MR) is 105 cm³/mol. The molecule has 140 valence electrons. The third kappa shape index (κ3) is 4.46. The van der Waals surface area contributed by atoms with Crippen molar-refractivity contribution in [2.75, 3.05) is 6.54 Å². The highest BCUT2D eigenvalue weighted by atomic mass is 35.5. The van der Waals surface area contributed by atoms with Crippen molar-refractivity contribution >= 4 is 28.9 Å². The van der Waals surface area contributed by atoms with E-state index in [2.05, 4.69) is 22.5 Å². The SMILES string of the molecule is CCCCNC(=O)c1nc(C(=O)NCc2ccc(Cl)cc2)n2ccccc12. The molecule has 0 atom stereocenters. The first-order valence-corrected chi connectivity index (χ1v) is 9.26. The minimum atomic E-state index is -0.348. The monoisotopic (exact) mass is 384 g/mol. The fraction of sp³-hybridized carbons (Fsp3) is 0.250. The molecule has 0 aliphatic rings. The summed E-state index contributed by atoms with van der Waals surface area (Å²) in [6.07, 6.45) is 3.61. The molecule has 2 heterocycles. The van der Waals surface area contributed by atoms with Crippen molar-refractivity contribution in [2.24, 2.45) is 0 Å². The number of hydrogen-bond acceptors (Lipinski definition) is 3. The minimum absolute atomic E-state index is 0.181. The van der Waals surface area contributed by atoms with Crippen LogP contribution in [0.4, 0.5) is 0 Å². The summed E-state index contributed by atoms with van der Waals surface area (Å²) in [5.41, 5.74) is 1.78. The van der Waals surface area contributed by atoms with Crippen molar-refractivity contribution in [3.8, 4) is 0 Å². The number of fused-ring (bicyclic) bond motifs is 1. The molecule has 0 bridgehead atoms. The summed E-state index contributed by atoms with van der Waals surface area (Å²) in [6.45, 7) is 2.98. The summed E-state index contributed by atoms with van der Waals surface area (Å²) in [5, 5.41) is 6.32. The van der Waals surface area contributed by atoms with Crippen molar-refractivity contribution < 1.29 is 9.59 Å². The lowest BCUT2D eigenvalue weighted by Gasteiger charge is -2.05. The van der Waals surface area contributed by atoms with Gasteiger partial charge in [-0.2, -0.15) is 0 Å². The molecule has 27 heavy (non-hydrogen) atoms. The maximum atomic E-state index is 12.6. The van der Waals surface area contributed by atoms with Crippen molar-refractivity contribution in [1.82, 2.24) is 20.0 Å². The van der Waals surface area contributed by atoms with Gasteiger partial charge >= 0.3 is 0 Å². The number of unbranched alkanes of at least 4 members (excludes halogenated alkanes) is 1. The minimum Gasteiger partial charge on any atom is -0.351 e. The molecular weight excluding hydrogens is 364 g/mol. The Labute approximate surface area is 162 Å². The second-order valence-electron chi connectivity index (χ2n) is 6.16. The van der Waals surface area contributed by atoms with Gasteiger partial charge in [0.15, 0.2) is 5.69 Å². The number of pyridine rings is 1. The number of amides is 2. The molecule has 2 amide bonds. The van der Waals surface area contributed by atoms with Crippen molar-refractivity contribution in [3.63, 3.8) is 0 Å². The van der Waals surface area contributed by atoms with Crippen LogP contribution in [0.3, 0.4) is 0 Å². The van der Waals surface area contributed by atoms with E-state index in [1.807, 2.05) is 18.2 Å². The molecule has 7 heteroatoms. The van der Waals surface area contributed by atoms with Crippen LogP contribution in [0.25, 0.3) is 5.52 Å². The fourth-order valence-electron chi connectivity index (χ4n) is 2.69. The Hall–Kier alpha value is -2.86. The fourth-order valence-corrected chi connectivity index (χ4v) is 2.82. The molecule has 1 aromatic carbocycles. The first kappa shape index (κ1) is 18.9. The summed E-state index contributed by atoms with van der Waals surface area (Å²) in [6, 6.07) is 12.6. The lowest BCUT2D eigenvalue weighted by Crippen LogP contribution is -2.26. The van der Waals surface area contributed by atoms with Crippen LogP contribution in [0.15, 0.2) is 48.7 Å². The average Bonchev–Trinajstić information content (AvgIpc) is 3.07. The lowest BCUT2D eigenvalue weighted by atomic mass is 10.2. The number of imidazole rings is 1. The molecule has 0 saturated carbocycles. The van der Waals surface area contributed by atoms with Crippen LogP contribution in [0, 0.1) is 0 Å². The van der Waals surface area contributed by atoms with Crippen molar-refractivity contribution in [3.05, 3.63) is 70.8 Å². The van der Waals surface area contributed by atoms with Gasteiger partial charge in [-0.1, -0.05) is 43.1 Å². The van der Waals surface area contributed by atoms with E-state index in [1.165, 1.54) is 0 Å². The van der Waals surface area contributed by atoms with E-state index < -0.39 is 0 Å². The Morgan fingerprint density at radius 1 is 1.07 bits per heavy atom. The molecule has 6 nitrogen and oxygen atoms in total. The van der Waals surface area contributed by atoms with Crippen molar-refractivity contribution in [1.29, 1.82) is 0 Å². The second kappa shape index (κ2) is 8.68. The van der Waals surface area contributed by atoms with Gasteiger partial charge < -0.3 is 10.6 Å². The largest absolute Gasteiger partial charge is 0.351 e. The van der Waals surface area contributed by atoms with Crippen LogP contribution in [-0.4, -0.2) is 27.7 Å². The standard InChI is InChI=1S/C20H21ClN4O2/c1-2-3-11-22-19(26)17-16-6-4-5-12-25(16)18(24-17)20(27)23-13-14-7-9-15(21)10-8-14/h4-10,12H,2-3,11,13H2,1H3,(H,22,26)(H,23,27). The number of aromatic nitrogens is 2. The molecule has 0 aliphatic heterocycles. The molecule has 0 saturated heterocycles. The molecule has 0 unspecified atom stereocenters. The normalized spacial score (nSPS) is 10.7. The molecule has 2 N–H and O–H groups in total. The zero-order chi connectivity index (χ0) is 19.2. The van der Waals surface area contributed by atoms with Gasteiger partial charge in [-0.05, 0) is 36.2 Å². The Balaban J connectivity index is 1.80. The van der Waals surface area contributed by atoms with E-state index in [1.54, 1.807) is 34.9 Å². The van der Waals surface area contributed by atoms with Gasteiger partial charge in [-0.25, -0.2) is 4.98 Å². The Bertz CT molecular complexity index is 950. The van der Waals surface area contributed by atoms with Gasteiger partial charge in [0.05, 0.1) is 5.52 Å². The van der Waals surface area contributed by atoms with Crippen LogP contribution < -0.4 is 10.6 Å². The van der Waals surface area contributed by atoms with Gasteiger partial charge in [0, 0.05) is 24.3 Å². The van der Waals surface area contributed by atoms with Crippen LogP contribution in [0.1, 0.15) is 46.4 Å². The van der Waals surface area contributed by atoms with Crippen molar-refractivity contribution in [2.45, 2.75) is 26.3 Å². The van der Waals surface area contributed by atoms with Crippen LogP contribution in [-0.2, 0) is 6.54 Å². The van der Waals surface area contributed by atoms with Crippen LogP contribution >= 0.6 is 11.6 Å². The summed E-state index contributed by atoms with van der Waals surface area (Å²) >= 11 is 5.87. The lowest BCUT2D eigenvalue weighted by molar-refractivity contribution is 0.0940. The smallest absolute Gasteiger partial charge is 0.287 e. The zero-order valence-corrected chi connectivity index (χ0v) is 15.8. The topological polar surface area (TPSA) is 75.5 Å². The number of benzene rings is 1. The van der Waals surface area contributed by atoms with Gasteiger partial charge in [-0.15, -0.1) is 0 Å². The van der Waals surface area contributed by atoms with Crippen LogP contribution in [0.5, 0.6) is 0 Å². The first-order chi connectivity index (χ1) is 13.1. The number of nitrogens with zero attached hydrogens (tertiary/aromatic N) is 2. The van der Waals surface area contributed by atoms with E-state index in [-0.39, 0.29) is 23.3 Å². The summed E-state index contributed by atoms with van der Waals surface area (Å²) in [5.74, 6) is -0.442. The predicted octanol–water partition coefficient (Wildman–Crippen LogP) is 3.45. The zero-order valence-electron chi connectivity index (χ0n) is 15.0. The van der Waals surface area contributed by atoms with E-state index >= 15 is 0 Å². The molecule has 0 radical (unpaired) electrons. The molecule has 3 aromatic rings. The number of carbonyl (C=O) groups is 2. The summed E-state index contributed by atoms with van der Waals surface area (Å²) in [7, 11) is 0. The Morgan fingerprint density at radius 2 is 1.85 bits per heavy atom. The summed E-state index contributed by atoms with van der Waals surface area (Å²) in [4.78, 5) is 29.4. The molecule has 3 rings (SSSR count). The molecular formula is C20H21ClN4O2. The van der Waals surface area contributed by atoms with E-state index in [4.69, 9.17) is 11.6 Å². The highest BCUT2D eigenvalue weighted by Crippen LogP contribution is 2.14. The highest BCUT2D eigenvalue weighted by molar-refractivity contribution is 6.30. The molecule has 2 aromatic heterocycles. The molecule has 0 aliphatic carbocycles. The Kier molecular flexibility index (Phi) is 6.08. The number of halogens is 1. The van der Waals surface area contributed by atoms with Crippen LogP contribution in [0.2, 0.25) is 5.02 Å². The maximum absolute atomic E-state index is 12.6. The quantitative estimate of drug-likeness (QED) is 0.612. The number of nitrogens with one attached hydrogen (secondary N) is 2. The molecule has 0 fully saturated rings. The first-order valence-electron chi connectivity index (χ1n) is 8.88. The van der Waals surface area contributed by atoms with E-state index in [9.17, 15) is 9.59 Å². The Morgan fingerprint density at radius 3 is 2.59 bits per heavy atom. The third-order valence-electron chi connectivity index (χ3n) is 4.15. The number of carbonyl (C=O) groups excluding carboxylic acids is 2. The second-order valence-corrected chi connectivity index (χ2v) is 6.59.